The van der Waals surface area contributed by atoms with E-state index in [-0.39, 0.29) is 6.04 Å². The summed E-state index contributed by atoms with van der Waals surface area (Å²) in [4.78, 5) is 32.7. The highest BCUT2D eigenvalue weighted by molar-refractivity contribution is 5.73. The lowest BCUT2D eigenvalue weighted by molar-refractivity contribution is -0.109. The normalized spacial score (nSPS) is 12.8. The highest BCUT2D eigenvalue weighted by atomic mass is 16.6. The summed E-state index contributed by atoms with van der Waals surface area (Å²) in [6, 6.07) is 7.09. The Morgan fingerprint density at radius 2 is 1.38 bits per heavy atom. The van der Waals surface area contributed by atoms with Crippen LogP contribution in [0.3, 0.4) is 0 Å². The molecule has 0 fully saturated rings. The second-order valence-corrected chi connectivity index (χ2v) is 9.23. The van der Waals surface area contributed by atoms with Crippen molar-refractivity contribution in [2.24, 2.45) is 0 Å². The molecule has 0 saturated carbocycles. The van der Waals surface area contributed by atoms with Gasteiger partial charge in [-0.1, -0.05) is 0 Å². The zero-order valence-electron chi connectivity index (χ0n) is 20.7. The van der Waals surface area contributed by atoms with E-state index in [1.807, 2.05) is 52.0 Å². The van der Waals surface area contributed by atoms with Crippen molar-refractivity contribution in [2.45, 2.75) is 78.7 Å². The van der Waals surface area contributed by atoms with E-state index in [0.717, 1.165) is 11.4 Å². The highest BCUT2D eigenvalue weighted by Crippen LogP contribution is 2.15. The molecule has 2 atom stereocenters. The number of ether oxygens (including phenoxy) is 3. The summed E-state index contributed by atoms with van der Waals surface area (Å²) in [6.45, 7) is 14.9. The molecule has 3 N–H and O–H groups in total. The summed E-state index contributed by atoms with van der Waals surface area (Å²) >= 11 is 0. The van der Waals surface area contributed by atoms with E-state index >= 15 is 0 Å². The van der Waals surface area contributed by atoms with E-state index in [1.54, 1.807) is 34.8 Å². The van der Waals surface area contributed by atoms with Crippen molar-refractivity contribution >= 4 is 24.2 Å². The quantitative estimate of drug-likeness (QED) is 0.532. The number of methoxy groups -OCH3 is 1. The maximum Gasteiger partial charge on any atom is 0.408 e. The second kappa shape index (κ2) is 13.4. The van der Waals surface area contributed by atoms with Crippen LogP contribution in [0.5, 0.6) is 5.75 Å². The Balaban J connectivity index is 0.000000687. The molecular weight excluding hydrogens is 414 g/mol. The van der Waals surface area contributed by atoms with E-state index < -0.39 is 29.4 Å². The van der Waals surface area contributed by atoms with Crippen molar-refractivity contribution in [1.29, 1.82) is 0 Å². The number of alkyl carbamates (subject to hydrolysis) is 2. The van der Waals surface area contributed by atoms with E-state index in [2.05, 4.69) is 16.0 Å². The second-order valence-electron chi connectivity index (χ2n) is 9.23. The zero-order chi connectivity index (χ0) is 24.9. The third-order valence-corrected chi connectivity index (χ3v) is 3.41. The fourth-order valence-corrected chi connectivity index (χ4v) is 2.07. The number of benzene rings is 1. The van der Waals surface area contributed by atoms with Crippen molar-refractivity contribution in [3.05, 3.63) is 24.3 Å². The lowest BCUT2D eigenvalue weighted by Gasteiger charge is -2.22. The van der Waals surface area contributed by atoms with Crippen LogP contribution in [-0.4, -0.2) is 55.4 Å². The maximum atomic E-state index is 11.6. The molecule has 0 spiro atoms. The molecule has 0 unspecified atom stereocenters. The third kappa shape index (κ3) is 15.8. The van der Waals surface area contributed by atoms with Crippen LogP contribution < -0.4 is 20.7 Å². The smallest absolute Gasteiger partial charge is 0.408 e. The summed E-state index contributed by atoms with van der Waals surface area (Å²) < 4.78 is 15.2. The van der Waals surface area contributed by atoms with E-state index in [0.29, 0.717) is 12.8 Å². The molecular formula is C23H39N3O6. The van der Waals surface area contributed by atoms with Crippen LogP contribution in [0.4, 0.5) is 15.3 Å². The molecule has 1 rings (SSSR count). The molecule has 0 saturated heterocycles. The summed E-state index contributed by atoms with van der Waals surface area (Å²) in [6.07, 6.45) is -0.326. The Morgan fingerprint density at radius 1 is 0.906 bits per heavy atom. The molecule has 2 amide bonds. The number of nitrogens with one attached hydrogen (secondary N) is 3. The zero-order valence-corrected chi connectivity index (χ0v) is 20.7. The Kier molecular flexibility index (Phi) is 12.2. The van der Waals surface area contributed by atoms with Crippen LogP contribution in [0.15, 0.2) is 24.3 Å². The Bertz CT molecular complexity index is 708. The Labute approximate surface area is 191 Å². The third-order valence-electron chi connectivity index (χ3n) is 3.41. The Hall–Kier alpha value is -2.97. The number of aldehydes is 1. The van der Waals surface area contributed by atoms with E-state index in [9.17, 15) is 14.4 Å². The van der Waals surface area contributed by atoms with Crippen molar-refractivity contribution < 1.29 is 28.6 Å². The minimum absolute atomic E-state index is 0.0352. The van der Waals surface area contributed by atoms with Gasteiger partial charge in [-0.3, -0.25) is 0 Å². The van der Waals surface area contributed by atoms with Gasteiger partial charge in [0.2, 0.25) is 0 Å². The predicted molar refractivity (Wildman–Crippen MR) is 125 cm³/mol. The first-order chi connectivity index (χ1) is 14.6. The molecule has 9 nitrogen and oxygen atoms in total. The fourth-order valence-electron chi connectivity index (χ4n) is 2.07. The average molecular weight is 454 g/mol. The van der Waals surface area contributed by atoms with E-state index in [1.165, 1.54) is 0 Å². The number of hydrogen-bond acceptors (Lipinski definition) is 7. The van der Waals surface area contributed by atoms with Gasteiger partial charge in [-0.05, 0) is 79.7 Å². The van der Waals surface area contributed by atoms with Crippen LogP contribution in [0, 0.1) is 0 Å². The lowest BCUT2D eigenvalue weighted by atomic mass is 10.2. The minimum atomic E-state index is -0.568. The van der Waals surface area contributed by atoms with Crippen LogP contribution in [0.25, 0.3) is 0 Å². The number of amides is 2. The van der Waals surface area contributed by atoms with Gasteiger partial charge in [0, 0.05) is 18.3 Å². The van der Waals surface area contributed by atoms with Crippen molar-refractivity contribution in [2.75, 3.05) is 19.0 Å². The minimum Gasteiger partial charge on any atom is -0.497 e. The molecule has 0 radical (unpaired) electrons. The molecule has 1 aromatic rings. The first kappa shape index (κ1) is 29.0. The van der Waals surface area contributed by atoms with Gasteiger partial charge in [0.05, 0.1) is 13.2 Å². The van der Waals surface area contributed by atoms with Crippen LogP contribution in [-0.2, 0) is 14.3 Å². The summed E-state index contributed by atoms with van der Waals surface area (Å²) in [5, 5.41) is 8.38. The molecule has 9 heteroatoms. The highest BCUT2D eigenvalue weighted by Gasteiger charge is 2.18. The van der Waals surface area contributed by atoms with Gasteiger partial charge < -0.3 is 35.0 Å². The topological polar surface area (TPSA) is 115 Å². The molecule has 0 heterocycles. The number of anilines is 1. The lowest BCUT2D eigenvalue weighted by Crippen LogP contribution is -2.40. The average Bonchev–Trinajstić information content (AvgIpc) is 2.64. The molecule has 0 aliphatic rings. The fraction of sp³-hybridized carbons (Fsp3) is 0.609. The van der Waals surface area contributed by atoms with Crippen LogP contribution >= 0.6 is 0 Å². The molecule has 1 aromatic carbocycles. The van der Waals surface area contributed by atoms with Gasteiger partial charge in [0.1, 0.15) is 23.2 Å². The number of carbonyl (C=O) groups is 3. The van der Waals surface area contributed by atoms with Crippen LogP contribution in [0.2, 0.25) is 0 Å². The maximum absolute atomic E-state index is 11.6. The van der Waals surface area contributed by atoms with Crippen molar-refractivity contribution in [3.8, 4) is 5.75 Å². The SMILES string of the molecule is COc1ccc(NC[C@H](C)NC(=O)OC(C)(C)C)cc1.C[C@@H](C=O)NC(=O)OC(C)(C)C. The van der Waals surface area contributed by atoms with E-state index in [4.69, 9.17) is 14.2 Å². The summed E-state index contributed by atoms with van der Waals surface area (Å²) in [7, 11) is 1.63. The van der Waals surface area contributed by atoms with Gasteiger partial charge >= 0.3 is 12.2 Å². The standard InChI is InChI=1S/C15H24N2O3.C8H15NO3/c1-11(17-14(18)20-15(2,3)4)10-16-12-6-8-13(19-5)9-7-12;1-6(5-10)9-7(11)12-8(2,3)4/h6-9,11,16H,10H2,1-5H3,(H,17,18);5-6H,1-4H3,(H,9,11)/t11-;6-/m00/s1. The number of hydrogen-bond donors (Lipinski definition) is 3. The van der Waals surface area contributed by atoms with Gasteiger partial charge in [-0.25, -0.2) is 9.59 Å². The van der Waals surface area contributed by atoms with Crippen molar-refractivity contribution in [3.63, 3.8) is 0 Å². The van der Waals surface area contributed by atoms with Crippen molar-refractivity contribution in [1.82, 2.24) is 10.6 Å². The summed E-state index contributed by atoms with van der Waals surface area (Å²) in [5.41, 5.74) is -0.0245. The molecule has 32 heavy (non-hydrogen) atoms. The summed E-state index contributed by atoms with van der Waals surface area (Å²) in [5.74, 6) is 0.815. The number of carbonyl (C=O) groups excluding carboxylic acids is 3. The van der Waals surface area contributed by atoms with Gasteiger partial charge in [0.25, 0.3) is 0 Å². The predicted octanol–water partition coefficient (Wildman–Crippen LogP) is 4.12. The van der Waals surface area contributed by atoms with Gasteiger partial charge in [0.15, 0.2) is 0 Å². The first-order valence-corrected chi connectivity index (χ1v) is 10.5. The molecule has 0 aliphatic heterocycles. The largest absolute Gasteiger partial charge is 0.497 e. The molecule has 0 bridgehead atoms. The first-order valence-electron chi connectivity index (χ1n) is 10.5. The molecule has 0 aromatic heterocycles. The Morgan fingerprint density at radius 3 is 1.78 bits per heavy atom. The number of rotatable bonds is 7. The van der Waals surface area contributed by atoms with Gasteiger partial charge in [-0.15, -0.1) is 0 Å². The molecule has 0 aliphatic carbocycles. The van der Waals surface area contributed by atoms with Gasteiger partial charge in [-0.2, -0.15) is 0 Å². The van der Waals surface area contributed by atoms with Crippen LogP contribution in [0.1, 0.15) is 55.4 Å². The molecule has 182 valence electrons. The monoisotopic (exact) mass is 453 g/mol.